The van der Waals surface area contributed by atoms with E-state index in [1.807, 2.05) is 24.3 Å². The zero-order valence-corrected chi connectivity index (χ0v) is 13.6. The summed E-state index contributed by atoms with van der Waals surface area (Å²) in [6, 6.07) is 7.78. The highest BCUT2D eigenvalue weighted by atomic mass is 16.2. The van der Waals surface area contributed by atoms with Crippen molar-refractivity contribution >= 4 is 17.6 Å². The third-order valence-electron chi connectivity index (χ3n) is 4.18. The van der Waals surface area contributed by atoms with E-state index in [0.29, 0.717) is 24.6 Å². The van der Waals surface area contributed by atoms with Crippen molar-refractivity contribution in [3.8, 4) is 0 Å². The van der Waals surface area contributed by atoms with Crippen LogP contribution in [0.25, 0.3) is 0 Å². The van der Waals surface area contributed by atoms with Crippen molar-refractivity contribution in [2.75, 3.05) is 5.32 Å². The Kier molecular flexibility index (Phi) is 4.88. The Morgan fingerprint density at radius 3 is 2.88 bits per heavy atom. The van der Waals surface area contributed by atoms with Crippen LogP contribution in [0.4, 0.5) is 5.82 Å². The second kappa shape index (κ2) is 7.25. The van der Waals surface area contributed by atoms with Gasteiger partial charge in [-0.3, -0.25) is 19.7 Å². The molecule has 24 heavy (non-hydrogen) atoms. The molecule has 0 aliphatic heterocycles. The molecule has 1 fully saturated rings. The van der Waals surface area contributed by atoms with Crippen molar-refractivity contribution in [1.29, 1.82) is 0 Å². The number of hydrogen-bond acceptors (Lipinski definition) is 4. The molecule has 0 radical (unpaired) electrons. The van der Waals surface area contributed by atoms with E-state index in [0.717, 1.165) is 24.2 Å². The van der Waals surface area contributed by atoms with Gasteiger partial charge in [0.25, 0.3) is 0 Å². The molecule has 2 heterocycles. The normalized spacial score (nSPS) is 19.4. The lowest BCUT2D eigenvalue weighted by atomic mass is 9.78. The number of aryl methyl sites for hydroxylation is 1. The molecule has 2 aromatic heterocycles. The zero-order chi connectivity index (χ0) is 16.9. The summed E-state index contributed by atoms with van der Waals surface area (Å²) in [5, 5.41) is 12.8. The van der Waals surface area contributed by atoms with Crippen molar-refractivity contribution < 1.29 is 9.59 Å². The van der Waals surface area contributed by atoms with Crippen LogP contribution in [0, 0.1) is 0 Å². The number of aromatic amines is 1. The summed E-state index contributed by atoms with van der Waals surface area (Å²) < 4.78 is 0. The number of nitrogens with one attached hydrogen (secondary N) is 3. The summed E-state index contributed by atoms with van der Waals surface area (Å²) in [5.41, 5.74) is 1.89. The van der Waals surface area contributed by atoms with E-state index >= 15 is 0 Å². The van der Waals surface area contributed by atoms with Crippen LogP contribution < -0.4 is 10.6 Å². The van der Waals surface area contributed by atoms with Crippen LogP contribution in [0.3, 0.4) is 0 Å². The number of aromatic nitrogens is 3. The first-order valence-corrected chi connectivity index (χ1v) is 8.12. The first kappa shape index (κ1) is 16.2. The largest absolute Gasteiger partial charge is 0.354 e. The summed E-state index contributed by atoms with van der Waals surface area (Å²) in [4.78, 5) is 27.2. The van der Waals surface area contributed by atoms with Gasteiger partial charge in [0.1, 0.15) is 0 Å². The third-order valence-corrected chi connectivity index (χ3v) is 4.18. The molecule has 7 heteroatoms. The van der Waals surface area contributed by atoms with Gasteiger partial charge < -0.3 is 10.6 Å². The van der Waals surface area contributed by atoms with Gasteiger partial charge in [0.15, 0.2) is 5.82 Å². The lowest BCUT2D eigenvalue weighted by molar-refractivity contribution is -0.120. The van der Waals surface area contributed by atoms with Crippen molar-refractivity contribution in [3.05, 3.63) is 41.9 Å². The van der Waals surface area contributed by atoms with Crippen LogP contribution >= 0.6 is 0 Å². The predicted molar refractivity (Wildman–Crippen MR) is 89.4 cm³/mol. The zero-order valence-electron chi connectivity index (χ0n) is 13.6. The van der Waals surface area contributed by atoms with Crippen LogP contribution in [-0.2, 0) is 16.0 Å². The lowest BCUT2D eigenvalue weighted by Crippen LogP contribution is -2.42. The topological polar surface area (TPSA) is 99.8 Å². The molecule has 7 nitrogen and oxygen atoms in total. The molecule has 0 atom stereocenters. The van der Waals surface area contributed by atoms with Gasteiger partial charge in [-0.15, -0.1) is 0 Å². The van der Waals surface area contributed by atoms with Crippen LogP contribution in [0.2, 0.25) is 0 Å². The Bertz CT molecular complexity index is 707. The maximum atomic E-state index is 12.0. The summed E-state index contributed by atoms with van der Waals surface area (Å²) in [6.45, 7) is 1.53. The number of anilines is 1. The number of carbonyl (C=O) groups excluding carboxylic acids is 2. The molecular formula is C17H21N5O2. The Morgan fingerprint density at radius 1 is 1.33 bits per heavy atom. The van der Waals surface area contributed by atoms with E-state index in [1.54, 1.807) is 6.20 Å². The van der Waals surface area contributed by atoms with E-state index in [1.165, 1.54) is 6.92 Å². The molecular weight excluding hydrogens is 306 g/mol. The average molecular weight is 327 g/mol. The Hall–Kier alpha value is -2.70. The van der Waals surface area contributed by atoms with Gasteiger partial charge in [-0.25, -0.2) is 0 Å². The fourth-order valence-corrected chi connectivity index (χ4v) is 2.88. The number of amides is 2. The number of hydrogen-bond donors (Lipinski definition) is 3. The lowest BCUT2D eigenvalue weighted by Gasteiger charge is -2.34. The summed E-state index contributed by atoms with van der Waals surface area (Å²) in [6.07, 6.45) is 4.49. The van der Waals surface area contributed by atoms with Gasteiger partial charge in [-0.05, 0) is 31.4 Å². The molecule has 0 aromatic carbocycles. The van der Waals surface area contributed by atoms with Gasteiger partial charge >= 0.3 is 0 Å². The molecule has 0 bridgehead atoms. The maximum absolute atomic E-state index is 12.0. The predicted octanol–water partition coefficient (Wildman–Crippen LogP) is 1.76. The molecule has 1 aliphatic rings. The van der Waals surface area contributed by atoms with Crippen molar-refractivity contribution in [1.82, 2.24) is 20.5 Å². The maximum Gasteiger partial charge on any atom is 0.225 e. The Balaban J connectivity index is 1.44. The molecule has 126 valence electrons. The molecule has 0 spiro atoms. The molecule has 0 unspecified atom stereocenters. The summed E-state index contributed by atoms with van der Waals surface area (Å²) in [5.74, 6) is 0.819. The number of pyridine rings is 1. The molecule has 1 aliphatic carbocycles. The number of rotatable bonds is 6. The minimum atomic E-state index is -0.0802. The highest BCUT2D eigenvalue weighted by Gasteiger charge is 2.32. The van der Waals surface area contributed by atoms with Gasteiger partial charge in [0.05, 0.1) is 0 Å². The van der Waals surface area contributed by atoms with E-state index in [2.05, 4.69) is 25.8 Å². The SMILES string of the molecule is CC(=O)NC1CC(c2cc(NC(=O)CCc3ccccn3)n[nH]2)C1. The third kappa shape index (κ3) is 4.18. The van der Waals surface area contributed by atoms with Gasteiger partial charge in [0.2, 0.25) is 11.8 Å². The van der Waals surface area contributed by atoms with Gasteiger partial charge in [-0.1, -0.05) is 6.07 Å². The number of carbonyl (C=O) groups is 2. The Morgan fingerprint density at radius 2 is 2.17 bits per heavy atom. The fraction of sp³-hybridized carbons (Fsp3) is 0.412. The standard InChI is InChI=1S/C17H21N5O2/c1-11(23)19-14-8-12(9-14)15-10-16(22-21-15)20-17(24)6-5-13-4-2-3-7-18-13/h2-4,7,10,12,14H,5-6,8-9H2,1H3,(H,19,23)(H2,20,21,22,24). The Labute approximate surface area is 140 Å². The number of nitrogens with zero attached hydrogens (tertiary/aromatic N) is 2. The first-order valence-electron chi connectivity index (χ1n) is 8.12. The number of H-pyrrole nitrogens is 1. The van der Waals surface area contributed by atoms with Gasteiger partial charge in [0, 0.05) is 49.0 Å². The highest BCUT2D eigenvalue weighted by molar-refractivity contribution is 5.89. The van der Waals surface area contributed by atoms with E-state index < -0.39 is 0 Å². The van der Waals surface area contributed by atoms with E-state index in [-0.39, 0.29) is 17.9 Å². The highest BCUT2D eigenvalue weighted by Crippen LogP contribution is 2.36. The van der Waals surface area contributed by atoms with Crippen LogP contribution in [0.1, 0.15) is 43.5 Å². The van der Waals surface area contributed by atoms with Crippen molar-refractivity contribution in [3.63, 3.8) is 0 Å². The van der Waals surface area contributed by atoms with Crippen molar-refractivity contribution in [2.24, 2.45) is 0 Å². The average Bonchev–Trinajstić information content (AvgIpc) is 2.97. The van der Waals surface area contributed by atoms with E-state index in [9.17, 15) is 9.59 Å². The first-order chi connectivity index (χ1) is 11.6. The van der Waals surface area contributed by atoms with Crippen LogP contribution in [-0.4, -0.2) is 33.0 Å². The molecule has 0 saturated heterocycles. The van der Waals surface area contributed by atoms with E-state index in [4.69, 9.17) is 0 Å². The second-order valence-corrected chi connectivity index (χ2v) is 6.14. The minimum Gasteiger partial charge on any atom is -0.354 e. The monoisotopic (exact) mass is 327 g/mol. The van der Waals surface area contributed by atoms with Gasteiger partial charge in [-0.2, -0.15) is 5.10 Å². The summed E-state index contributed by atoms with van der Waals surface area (Å²) in [7, 11) is 0. The molecule has 3 rings (SSSR count). The smallest absolute Gasteiger partial charge is 0.225 e. The molecule has 2 aromatic rings. The molecule has 2 amide bonds. The quantitative estimate of drug-likeness (QED) is 0.752. The summed E-state index contributed by atoms with van der Waals surface area (Å²) >= 11 is 0. The van der Waals surface area contributed by atoms with Crippen molar-refractivity contribution in [2.45, 2.75) is 44.6 Å². The second-order valence-electron chi connectivity index (χ2n) is 6.14. The minimum absolute atomic E-state index is 0.00363. The molecule has 3 N–H and O–H groups in total. The van der Waals surface area contributed by atoms with Crippen LogP contribution in [0.5, 0.6) is 0 Å². The van der Waals surface area contributed by atoms with Crippen LogP contribution in [0.15, 0.2) is 30.5 Å². The fourth-order valence-electron chi connectivity index (χ4n) is 2.88. The molecule has 1 saturated carbocycles.